The Balaban J connectivity index is -0.0000000835. The zero-order chi connectivity index (χ0) is 17.0. The fourth-order valence-corrected chi connectivity index (χ4v) is 2.89. The number of halogens is 2. The second kappa shape index (κ2) is 36.0. The van der Waals surface area contributed by atoms with Crippen molar-refractivity contribution in [1.82, 2.24) is 0 Å². The van der Waals surface area contributed by atoms with Crippen LogP contribution in [0.3, 0.4) is 0 Å². The molecule has 2 aliphatic carbocycles. The summed E-state index contributed by atoms with van der Waals surface area (Å²) in [4.78, 5) is 0. The molecule has 1 nitrogen and oxygen atoms in total. The minimum atomic E-state index is 0. The fraction of sp³-hybridized carbons (Fsp3) is 0.500. The average Bonchev–Trinajstić information content (AvgIpc) is 2.75. The van der Waals surface area contributed by atoms with E-state index in [1.165, 1.54) is 77.0 Å². The molecule has 0 amide bonds. The standard InChI is InChI=1S/2C6H12.2C6H6.2ClH.H2O.2Sn/c4*1-2-4-6-5-3-1;;;;;/h2*1-6H2;2*1-6H;2*1H;1H2;;/p-2. The van der Waals surface area contributed by atoms with Gasteiger partial charge < -0.3 is 30.3 Å². The van der Waals surface area contributed by atoms with E-state index in [0.717, 1.165) is 0 Å². The van der Waals surface area contributed by atoms with Crippen molar-refractivity contribution in [2.45, 2.75) is 77.0 Å². The molecule has 0 spiro atoms. The molecule has 0 bridgehead atoms. The molecule has 0 saturated heterocycles. The molecule has 0 aliphatic heterocycles. The van der Waals surface area contributed by atoms with Crippen LogP contribution in [0.2, 0.25) is 0 Å². The van der Waals surface area contributed by atoms with Crippen molar-refractivity contribution < 1.29 is 30.3 Å². The molecule has 0 heterocycles. The van der Waals surface area contributed by atoms with Gasteiger partial charge in [-0.1, -0.05) is 150 Å². The number of hydrogen-bond acceptors (Lipinski definition) is 0. The van der Waals surface area contributed by atoms with Crippen LogP contribution in [-0.2, 0) is 0 Å². The van der Waals surface area contributed by atoms with E-state index in [9.17, 15) is 0 Å². The van der Waals surface area contributed by atoms with Crippen LogP contribution < -0.4 is 24.8 Å². The number of rotatable bonds is 0. The normalized spacial score (nSPS) is 13.2. The van der Waals surface area contributed by atoms with Crippen molar-refractivity contribution in [2.75, 3.05) is 0 Å². The van der Waals surface area contributed by atoms with Gasteiger partial charge in [0.05, 0.1) is 0 Å². The van der Waals surface area contributed by atoms with Crippen molar-refractivity contribution >= 4 is 47.8 Å². The maximum atomic E-state index is 2.00. The van der Waals surface area contributed by atoms with Gasteiger partial charge in [0.25, 0.3) is 0 Å². The van der Waals surface area contributed by atoms with Gasteiger partial charge in [-0.2, -0.15) is 0 Å². The Kier molecular flexibility index (Phi) is 49.6. The Morgan fingerprint density at radius 1 is 0.241 bits per heavy atom. The summed E-state index contributed by atoms with van der Waals surface area (Å²) in [6.07, 6.45) is 18.0. The van der Waals surface area contributed by atoms with Crippen LogP contribution in [0, 0.1) is 0 Å². The van der Waals surface area contributed by atoms with E-state index in [0.29, 0.717) is 0 Å². The first-order chi connectivity index (χ1) is 12.0. The van der Waals surface area contributed by atoms with Crippen LogP contribution in [0.15, 0.2) is 72.8 Å². The minimum Gasteiger partial charge on any atom is -1.00 e. The molecular weight excluding hydrogens is 613 g/mol. The molecule has 0 atom stereocenters. The van der Waals surface area contributed by atoms with Crippen LogP contribution in [-0.4, -0.2) is 53.3 Å². The van der Waals surface area contributed by atoms with Crippen molar-refractivity contribution in [1.29, 1.82) is 0 Å². The minimum absolute atomic E-state index is 0. The Morgan fingerprint density at radius 3 is 0.379 bits per heavy atom. The van der Waals surface area contributed by atoms with Crippen molar-refractivity contribution in [3.05, 3.63) is 72.8 Å². The van der Waals surface area contributed by atoms with Gasteiger partial charge in [0.15, 0.2) is 0 Å². The Hall–Kier alpha value is 0.577. The first-order valence-electron chi connectivity index (χ1n) is 10.00. The molecule has 164 valence electrons. The van der Waals surface area contributed by atoms with Crippen LogP contribution in [0.5, 0.6) is 0 Å². The summed E-state index contributed by atoms with van der Waals surface area (Å²) in [5, 5.41) is 0. The molecule has 4 rings (SSSR count). The Morgan fingerprint density at radius 2 is 0.310 bits per heavy atom. The third kappa shape index (κ3) is 33.4. The second-order valence-electron chi connectivity index (χ2n) is 6.55. The predicted octanol–water partition coefficient (Wildman–Crippen LogP) is 0.476. The van der Waals surface area contributed by atoms with Crippen molar-refractivity contribution in [3.8, 4) is 0 Å². The van der Waals surface area contributed by atoms with Gasteiger partial charge in [-0.15, -0.1) is 0 Å². The molecule has 8 radical (unpaired) electrons. The van der Waals surface area contributed by atoms with Gasteiger partial charge in [-0.3, -0.25) is 0 Å². The predicted molar refractivity (Wildman–Crippen MR) is 123 cm³/mol. The van der Waals surface area contributed by atoms with Gasteiger partial charge in [-0.25, -0.2) is 0 Å². The summed E-state index contributed by atoms with van der Waals surface area (Å²) < 4.78 is 0. The molecule has 29 heavy (non-hydrogen) atoms. The van der Waals surface area contributed by atoms with Gasteiger partial charge in [0, 0.05) is 47.8 Å². The molecule has 2 aromatic carbocycles. The summed E-state index contributed by atoms with van der Waals surface area (Å²) >= 11 is 0. The van der Waals surface area contributed by atoms with E-state index in [4.69, 9.17) is 0 Å². The molecule has 0 unspecified atom stereocenters. The van der Waals surface area contributed by atoms with Gasteiger partial charge in [0.1, 0.15) is 0 Å². The summed E-state index contributed by atoms with van der Waals surface area (Å²) in [5.74, 6) is 0. The van der Waals surface area contributed by atoms with Crippen molar-refractivity contribution in [3.63, 3.8) is 0 Å². The Labute approximate surface area is 226 Å². The van der Waals surface area contributed by atoms with E-state index in [-0.39, 0.29) is 78.1 Å². The molecule has 2 saturated carbocycles. The topological polar surface area (TPSA) is 31.5 Å². The molecule has 2 aromatic rings. The number of hydrogen-bond donors (Lipinski definition) is 0. The van der Waals surface area contributed by atoms with Gasteiger partial charge in [0.2, 0.25) is 0 Å². The maximum absolute atomic E-state index is 2.00. The first kappa shape index (κ1) is 40.0. The average molecular weight is 651 g/mol. The molecule has 2 aliphatic rings. The van der Waals surface area contributed by atoms with E-state index in [1.54, 1.807) is 0 Å². The number of benzene rings is 2. The van der Waals surface area contributed by atoms with E-state index < -0.39 is 0 Å². The van der Waals surface area contributed by atoms with Crippen LogP contribution in [0.25, 0.3) is 0 Å². The third-order valence-corrected chi connectivity index (χ3v) is 4.33. The van der Waals surface area contributed by atoms with Crippen LogP contribution in [0.1, 0.15) is 77.0 Å². The van der Waals surface area contributed by atoms with E-state index in [2.05, 4.69) is 0 Å². The van der Waals surface area contributed by atoms with Crippen LogP contribution in [0.4, 0.5) is 0 Å². The molecule has 2 N–H and O–H groups in total. The molecule has 0 aromatic heterocycles. The molecule has 5 heteroatoms. The third-order valence-electron chi connectivity index (χ3n) is 4.33. The van der Waals surface area contributed by atoms with Gasteiger partial charge in [-0.05, 0) is 0 Å². The first-order valence-corrected chi connectivity index (χ1v) is 10.00. The smallest absolute Gasteiger partial charge is 0 e. The molecular formula is C24H38Cl2OSn2-2. The fourth-order valence-electron chi connectivity index (χ4n) is 2.89. The zero-order valence-corrected chi connectivity index (χ0v) is 24.9. The van der Waals surface area contributed by atoms with E-state index in [1.807, 2.05) is 72.8 Å². The Bertz CT molecular complexity index is 319. The van der Waals surface area contributed by atoms with E-state index >= 15 is 0 Å². The van der Waals surface area contributed by atoms with Crippen LogP contribution >= 0.6 is 0 Å². The molecule has 2 fully saturated rings. The monoisotopic (exact) mass is 652 g/mol. The summed E-state index contributed by atoms with van der Waals surface area (Å²) in [6, 6.07) is 24.0. The quantitative estimate of drug-likeness (QED) is 0.372. The zero-order valence-electron chi connectivity index (χ0n) is 17.7. The maximum Gasteiger partial charge on any atom is 0 e. The van der Waals surface area contributed by atoms with Crippen molar-refractivity contribution in [2.24, 2.45) is 0 Å². The second-order valence-corrected chi connectivity index (χ2v) is 6.55. The summed E-state index contributed by atoms with van der Waals surface area (Å²) in [6.45, 7) is 0. The summed E-state index contributed by atoms with van der Waals surface area (Å²) in [5.41, 5.74) is 0. The largest absolute Gasteiger partial charge is 1.00 e. The SMILES string of the molecule is C1CCCCC1.C1CCCCC1.O.[Cl-].[Cl-].[Sn].[Sn].c1ccccc1.c1ccccc1. The van der Waals surface area contributed by atoms with Gasteiger partial charge >= 0.3 is 0 Å². The summed E-state index contributed by atoms with van der Waals surface area (Å²) in [7, 11) is 0.